The fourth-order valence-corrected chi connectivity index (χ4v) is 3.60. The molecule has 0 spiro atoms. The summed E-state index contributed by atoms with van der Waals surface area (Å²) in [5, 5.41) is 38.8. The van der Waals surface area contributed by atoms with Gasteiger partial charge in [0.2, 0.25) is 6.29 Å². The van der Waals surface area contributed by atoms with E-state index in [1.165, 1.54) is 11.8 Å². The minimum atomic E-state index is -1.50. The minimum Gasteiger partial charge on any atom is -0.462 e. The van der Waals surface area contributed by atoms with Crippen LogP contribution in [0.15, 0.2) is 59.5 Å². The van der Waals surface area contributed by atoms with Crippen LogP contribution in [0.5, 0.6) is 5.75 Å². The molecule has 5 atom stereocenters. The van der Waals surface area contributed by atoms with Crippen LogP contribution in [-0.2, 0) is 16.0 Å². The van der Waals surface area contributed by atoms with Crippen LogP contribution in [0.25, 0.3) is 0 Å². The second kappa shape index (κ2) is 9.51. The zero-order valence-electron chi connectivity index (χ0n) is 14.9. The highest BCUT2D eigenvalue weighted by Gasteiger charge is 2.44. The van der Waals surface area contributed by atoms with Gasteiger partial charge in [-0.05, 0) is 29.8 Å². The highest BCUT2D eigenvalue weighted by atomic mass is 32.2. The SMILES string of the molecule is O=C(Cc1ccc(O[C@H]2O[C@H](CO)[C@@H](O)[C@H](O)[C@@H]2O)cc1)Sc1ccccc1. The van der Waals surface area contributed by atoms with Gasteiger partial charge in [0, 0.05) is 11.3 Å². The predicted octanol–water partition coefficient (Wildman–Crippen LogP) is 0.727. The third kappa shape index (κ3) is 5.11. The van der Waals surface area contributed by atoms with E-state index in [1.807, 2.05) is 30.3 Å². The Kier molecular flexibility index (Phi) is 7.06. The Morgan fingerprint density at radius 1 is 0.964 bits per heavy atom. The molecule has 0 saturated carbocycles. The van der Waals surface area contributed by atoms with Crippen molar-refractivity contribution in [3.8, 4) is 5.75 Å². The number of rotatable bonds is 6. The van der Waals surface area contributed by atoms with Gasteiger partial charge < -0.3 is 29.9 Å². The summed E-state index contributed by atoms with van der Waals surface area (Å²) in [5.41, 5.74) is 0.801. The van der Waals surface area contributed by atoms with E-state index in [1.54, 1.807) is 24.3 Å². The summed E-state index contributed by atoms with van der Waals surface area (Å²) >= 11 is 1.18. The lowest BCUT2D eigenvalue weighted by Gasteiger charge is -2.39. The van der Waals surface area contributed by atoms with Crippen LogP contribution in [0, 0.1) is 0 Å². The summed E-state index contributed by atoms with van der Waals surface area (Å²) in [6.45, 7) is -0.523. The molecule has 7 nitrogen and oxygen atoms in total. The Morgan fingerprint density at radius 2 is 1.64 bits per heavy atom. The standard InChI is InChI=1S/C20H22O7S/c21-11-15-17(23)18(24)19(25)20(27-15)26-13-8-6-12(7-9-13)10-16(22)28-14-4-2-1-3-5-14/h1-9,15,17-21,23-25H,10-11H2/t15-,17-,18+,19+,20+/m1/s1. The second-order valence-electron chi connectivity index (χ2n) is 6.42. The molecule has 1 fully saturated rings. The van der Waals surface area contributed by atoms with E-state index < -0.39 is 37.3 Å². The van der Waals surface area contributed by atoms with Crippen molar-refractivity contribution >= 4 is 16.9 Å². The van der Waals surface area contributed by atoms with E-state index in [9.17, 15) is 25.2 Å². The lowest BCUT2D eigenvalue weighted by molar-refractivity contribution is -0.277. The Hall–Kier alpha value is -1.94. The number of ether oxygens (including phenoxy) is 2. The van der Waals surface area contributed by atoms with Gasteiger partial charge in [-0.15, -0.1) is 0 Å². The lowest BCUT2D eigenvalue weighted by atomic mass is 9.99. The van der Waals surface area contributed by atoms with Gasteiger partial charge in [0.25, 0.3) is 0 Å². The van der Waals surface area contributed by atoms with Crippen molar-refractivity contribution in [3.63, 3.8) is 0 Å². The quantitative estimate of drug-likeness (QED) is 0.519. The zero-order valence-corrected chi connectivity index (χ0v) is 15.7. The third-order valence-electron chi connectivity index (χ3n) is 4.35. The predicted molar refractivity (Wildman–Crippen MR) is 102 cm³/mol. The molecule has 150 valence electrons. The van der Waals surface area contributed by atoms with Gasteiger partial charge in [-0.1, -0.05) is 42.1 Å². The van der Waals surface area contributed by atoms with Crippen LogP contribution in [0.2, 0.25) is 0 Å². The van der Waals surface area contributed by atoms with Crippen molar-refractivity contribution in [2.45, 2.75) is 42.0 Å². The summed E-state index contributed by atoms with van der Waals surface area (Å²) in [6.07, 6.45) is -6.42. The molecule has 0 aliphatic carbocycles. The maximum atomic E-state index is 12.2. The fourth-order valence-electron chi connectivity index (χ4n) is 2.81. The summed E-state index contributed by atoms with van der Waals surface area (Å²) in [4.78, 5) is 13.1. The number of thioether (sulfide) groups is 1. The van der Waals surface area contributed by atoms with Crippen LogP contribution >= 0.6 is 11.8 Å². The molecular weight excluding hydrogens is 384 g/mol. The van der Waals surface area contributed by atoms with Gasteiger partial charge in [0.15, 0.2) is 5.12 Å². The first-order valence-electron chi connectivity index (χ1n) is 8.80. The van der Waals surface area contributed by atoms with Gasteiger partial charge in [0.05, 0.1) is 6.61 Å². The Balaban J connectivity index is 1.57. The highest BCUT2D eigenvalue weighted by molar-refractivity contribution is 8.13. The zero-order chi connectivity index (χ0) is 20.1. The van der Waals surface area contributed by atoms with Gasteiger partial charge in [0.1, 0.15) is 30.2 Å². The summed E-state index contributed by atoms with van der Waals surface area (Å²) in [7, 11) is 0. The molecular formula is C20H22O7S. The van der Waals surface area contributed by atoms with E-state index in [4.69, 9.17) is 9.47 Å². The molecule has 28 heavy (non-hydrogen) atoms. The van der Waals surface area contributed by atoms with E-state index in [0.29, 0.717) is 5.75 Å². The van der Waals surface area contributed by atoms with Crippen LogP contribution in [0.1, 0.15) is 5.56 Å². The number of hydrogen-bond donors (Lipinski definition) is 4. The average molecular weight is 406 g/mol. The molecule has 1 aliphatic rings. The average Bonchev–Trinajstić information content (AvgIpc) is 2.70. The first kappa shape index (κ1) is 20.8. The molecule has 1 aliphatic heterocycles. The number of aliphatic hydroxyl groups is 4. The maximum absolute atomic E-state index is 12.2. The Bertz CT molecular complexity index is 766. The first-order valence-corrected chi connectivity index (χ1v) is 9.61. The molecule has 0 aromatic heterocycles. The van der Waals surface area contributed by atoms with Crippen molar-refractivity contribution < 1.29 is 34.7 Å². The Labute approximate surface area is 166 Å². The molecule has 2 aromatic rings. The molecule has 1 saturated heterocycles. The number of carbonyl (C=O) groups is 1. The lowest BCUT2D eigenvalue weighted by Crippen LogP contribution is -2.60. The second-order valence-corrected chi connectivity index (χ2v) is 7.55. The van der Waals surface area contributed by atoms with E-state index in [0.717, 1.165) is 10.5 Å². The molecule has 2 aromatic carbocycles. The monoisotopic (exact) mass is 406 g/mol. The van der Waals surface area contributed by atoms with Crippen LogP contribution in [-0.4, -0.2) is 62.9 Å². The topological polar surface area (TPSA) is 116 Å². The van der Waals surface area contributed by atoms with Crippen molar-refractivity contribution in [1.82, 2.24) is 0 Å². The molecule has 0 unspecified atom stereocenters. The normalized spacial score (nSPS) is 27.4. The number of carbonyl (C=O) groups excluding carboxylic acids is 1. The molecule has 1 heterocycles. The Morgan fingerprint density at radius 3 is 2.29 bits per heavy atom. The van der Waals surface area contributed by atoms with Crippen LogP contribution in [0.4, 0.5) is 0 Å². The smallest absolute Gasteiger partial charge is 0.229 e. The molecule has 0 amide bonds. The summed E-state index contributed by atoms with van der Waals surface area (Å²) in [6, 6.07) is 16.1. The third-order valence-corrected chi connectivity index (χ3v) is 5.23. The van der Waals surface area contributed by atoms with Gasteiger partial charge in [-0.2, -0.15) is 0 Å². The van der Waals surface area contributed by atoms with E-state index in [-0.39, 0.29) is 11.5 Å². The molecule has 8 heteroatoms. The largest absolute Gasteiger partial charge is 0.462 e. The minimum absolute atomic E-state index is 0.00815. The van der Waals surface area contributed by atoms with E-state index >= 15 is 0 Å². The molecule has 4 N–H and O–H groups in total. The summed E-state index contributed by atoms with van der Waals surface area (Å²) < 4.78 is 10.8. The van der Waals surface area contributed by atoms with E-state index in [2.05, 4.69) is 0 Å². The van der Waals surface area contributed by atoms with Crippen molar-refractivity contribution in [2.75, 3.05) is 6.61 Å². The van der Waals surface area contributed by atoms with Crippen molar-refractivity contribution in [3.05, 3.63) is 60.2 Å². The van der Waals surface area contributed by atoms with Gasteiger partial charge in [-0.3, -0.25) is 4.79 Å². The molecule has 3 rings (SSSR count). The number of hydrogen-bond acceptors (Lipinski definition) is 8. The van der Waals surface area contributed by atoms with Crippen molar-refractivity contribution in [2.24, 2.45) is 0 Å². The molecule has 0 bridgehead atoms. The highest BCUT2D eigenvalue weighted by Crippen LogP contribution is 2.25. The summed E-state index contributed by atoms with van der Waals surface area (Å²) in [5.74, 6) is 0.358. The van der Waals surface area contributed by atoms with Crippen molar-refractivity contribution in [1.29, 1.82) is 0 Å². The van der Waals surface area contributed by atoms with Crippen LogP contribution in [0.3, 0.4) is 0 Å². The molecule has 0 radical (unpaired) electrons. The fraction of sp³-hybridized carbons (Fsp3) is 0.350. The van der Waals surface area contributed by atoms with Gasteiger partial charge >= 0.3 is 0 Å². The number of benzene rings is 2. The van der Waals surface area contributed by atoms with Gasteiger partial charge in [-0.25, -0.2) is 0 Å². The maximum Gasteiger partial charge on any atom is 0.229 e. The first-order chi connectivity index (χ1) is 13.5. The number of aliphatic hydroxyl groups excluding tert-OH is 4. The van der Waals surface area contributed by atoms with Crippen LogP contribution < -0.4 is 4.74 Å².